The summed E-state index contributed by atoms with van der Waals surface area (Å²) >= 11 is 0. The van der Waals surface area contributed by atoms with Gasteiger partial charge in [0.2, 0.25) is 0 Å². The zero-order chi connectivity index (χ0) is 14.5. The third kappa shape index (κ3) is 6.41. The number of rotatable bonds is 3. The molecule has 102 valence electrons. The van der Waals surface area contributed by atoms with E-state index in [9.17, 15) is 9.59 Å². The Balaban J connectivity index is 2.62. The molecule has 0 radical (unpaired) electrons. The van der Waals surface area contributed by atoms with Crippen LogP contribution in [0.25, 0.3) is 6.08 Å². The Morgan fingerprint density at radius 3 is 2.21 bits per heavy atom. The highest BCUT2D eigenvalue weighted by atomic mass is 16.6. The van der Waals surface area contributed by atoms with Gasteiger partial charge in [-0.3, -0.25) is 10.1 Å². The number of hydrogen-bond donors (Lipinski definition) is 1. The van der Waals surface area contributed by atoms with Crippen LogP contribution in [0.5, 0.6) is 0 Å². The summed E-state index contributed by atoms with van der Waals surface area (Å²) < 4.78 is 5.14. The Morgan fingerprint density at radius 2 is 1.74 bits per heavy atom. The van der Waals surface area contributed by atoms with Gasteiger partial charge >= 0.3 is 6.09 Å². The zero-order valence-electron chi connectivity index (χ0n) is 11.7. The van der Waals surface area contributed by atoms with Crippen molar-refractivity contribution in [3.05, 3.63) is 35.9 Å². The van der Waals surface area contributed by atoms with Gasteiger partial charge < -0.3 is 4.74 Å². The molecule has 0 aliphatic carbocycles. The summed E-state index contributed by atoms with van der Waals surface area (Å²) in [5.74, 6) is -0.00374. The molecular formula is C15H19NO3. The number of amides is 1. The minimum atomic E-state index is -0.520. The molecule has 0 bridgehead atoms. The van der Waals surface area contributed by atoms with Crippen molar-refractivity contribution in [1.29, 1.82) is 0 Å². The SMILES string of the molecule is CC(=O)/C=C/c1ccc(NC(=O)OC(C)(C)C)cc1. The van der Waals surface area contributed by atoms with Crippen LogP contribution in [0.3, 0.4) is 0 Å². The molecule has 4 heteroatoms. The smallest absolute Gasteiger partial charge is 0.412 e. The van der Waals surface area contributed by atoms with Gasteiger partial charge in [-0.2, -0.15) is 0 Å². The maximum Gasteiger partial charge on any atom is 0.412 e. The third-order valence-electron chi connectivity index (χ3n) is 2.07. The predicted octanol–water partition coefficient (Wildman–Crippen LogP) is 3.64. The first-order chi connectivity index (χ1) is 8.76. The van der Waals surface area contributed by atoms with E-state index in [1.165, 1.54) is 13.0 Å². The molecule has 1 aromatic rings. The first kappa shape index (κ1) is 15.0. The topological polar surface area (TPSA) is 55.4 Å². The van der Waals surface area contributed by atoms with Crippen LogP contribution in [0, 0.1) is 0 Å². The van der Waals surface area contributed by atoms with Crippen molar-refractivity contribution in [2.24, 2.45) is 0 Å². The number of allylic oxidation sites excluding steroid dienone is 1. The fourth-order valence-electron chi connectivity index (χ4n) is 1.31. The number of ether oxygens (including phenoxy) is 1. The molecule has 0 unspecified atom stereocenters. The largest absolute Gasteiger partial charge is 0.444 e. The standard InChI is InChI=1S/C15H19NO3/c1-11(17)5-6-12-7-9-13(10-8-12)16-14(18)19-15(2,3)4/h5-10H,1-4H3,(H,16,18)/b6-5+. The van der Waals surface area contributed by atoms with Gasteiger partial charge in [0.1, 0.15) is 5.60 Å². The lowest BCUT2D eigenvalue weighted by Crippen LogP contribution is -2.27. The summed E-state index contributed by atoms with van der Waals surface area (Å²) in [5.41, 5.74) is 1.02. The number of carbonyl (C=O) groups excluding carboxylic acids is 2. The zero-order valence-corrected chi connectivity index (χ0v) is 11.7. The lowest BCUT2D eigenvalue weighted by molar-refractivity contribution is -0.112. The average Bonchev–Trinajstić information content (AvgIpc) is 2.25. The number of nitrogens with one attached hydrogen (secondary N) is 1. The molecule has 19 heavy (non-hydrogen) atoms. The molecule has 0 aromatic heterocycles. The van der Waals surface area contributed by atoms with E-state index in [0.29, 0.717) is 5.69 Å². The fourth-order valence-corrected chi connectivity index (χ4v) is 1.31. The molecule has 0 aliphatic rings. The Morgan fingerprint density at radius 1 is 1.16 bits per heavy atom. The van der Waals surface area contributed by atoms with Crippen molar-refractivity contribution in [2.75, 3.05) is 5.32 Å². The predicted molar refractivity (Wildman–Crippen MR) is 76.0 cm³/mol. The molecule has 4 nitrogen and oxygen atoms in total. The van der Waals surface area contributed by atoms with Crippen molar-refractivity contribution >= 4 is 23.6 Å². The van der Waals surface area contributed by atoms with E-state index in [-0.39, 0.29) is 5.78 Å². The van der Waals surface area contributed by atoms with E-state index in [1.807, 2.05) is 32.9 Å². The van der Waals surface area contributed by atoms with Crippen LogP contribution in [-0.4, -0.2) is 17.5 Å². The van der Waals surface area contributed by atoms with Crippen LogP contribution in [0.4, 0.5) is 10.5 Å². The minimum absolute atomic E-state index is 0.00374. The Hall–Kier alpha value is -2.10. The molecular weight excluding hydrogens is 242 g/mol. The van der Waals surface area contributed by atoms with Crippen molar-refractivity contribution in [3.8, 4) is 0 Å². The van der Waals surface area contributed by atoms with E-state index < -0.39 is 11.7 Å². The average molecular weight is 261 g/mol. The van der Waals surface area contributed by atoms with E-state index in [2.05, 4.69) is 5.32 Å². The van der Waals surface area contributed by atoms with Gasteiger partial charge in [0.25, 0.3) is 0 Å². The molecule has 0 saturated carbocycles. The highest BCUT2D eigenvalue weighted by Crippen LogP contribution is 2.13. The van der Waals surface area contributed by atoms with E-state index in [0.717, 1.165) is 5.56 Å². The Bertz CT molecular complexity index is 481. The van der Waals surface area contributed by atoms with Crippen LogP contribution >= 0.6 is 0 Å². The van der Waals surface area contributed by atoms with Crippen molar-refractivity contribution in [2.45, 2.75) is 33.3 Å². The quantitative estimate of drug-likeness (QED) is 0.845. The fraction of sp³-hybridized carbons (Fsp3) is 0.333. The Kier molecular flexibility index (Phi) is 4.87. The van der Waals surface area contributed by atoms with E-state index in [1.54, 1.807) is 18.2 Å². The number of anilines is 1. The molecule has 0 spiro atoms. The van der Waals surface area contributed by atoms with Gasteiger partial charge in [-0.05, 0) is 51.5 Å². The number of hydrogen-bond acceptors (Lipinski definition) is 3. The normalized spacial score (nSPS) is 11.4. The summed E-state index contributed by atoms with van der Waals surface area (Å²) in [6.45, 7) is 6.92. The molecule has 1 aromatic carbocycles. The molecule has 0 fully saturated rings. The highest BCUT2D eigenvalue weighted by Gasteiger charge is 2.15. The molecule has 1 amide bonds. The van der Waals surface area contributed by atoms with Gasteiger partial charge in [-0.15, -0.1) is 0 Å². The first-order valence-electron chi connectivity index (χ1n) is 6.05. The molecule has 0 aliphatic heterocycles. The van der Waals surface area contributed by atoms with Gasteiger partial charge in [0.15, 0.2) is 5.78 Å². The summed E-state index contributed by atoms with van der Waals surface area (Å²) in [4.78, 5) is 22.3. The second kappa shape index (κ2) is 6.18. The monoisotopic (exact) mass is 261 g/mol. The van der Waals surface area contributed by atoms with Crippen LogP contribution in [0.1, 0.15) is 33.3 Å². The summed E-state index contributed by atoms with van der Waals surface area (Å²) in [6.07, 6.45) is 2.73. The van der Waals surface area contributed by atoms with Crippen molar-refractivity contribution in [3.63, 3.8) is 0 Å². The number of benzene rings is 1. The molecule has 1 N–H and O–H groups in total. The Labute approximate surface area is 113 Å². The van der Waals surface area contributed by atoms with E-state index in [4.69, 9.17) is 4.74 Å². The number of ketones is 1. The summed E-state index contributed by atoms with van der Waals surface area (Å²) in [7, 11) is 0. The van der Waals surface area contributed by atoms with Crippen LogP contribution in [0.2, 0.25) is 0 Å². The minimum Gasteiger partial charge on any atom is -0.444 e. The lowest BCUT2D eigenvalue weighted by atomic mass is 10.2. The maximum atomic E-state index is 11.5. The maximum absolute atomic E-state index is 11.5. The van der Waals surface area contributed by atoms with Crippen LogP contribution in [0.15, 0.2) is 30.3 Å². The molecule has 1 rings (SSSR count). The second-order valence-corrected chi connectivity index (χ2v) is 5.19. The van der Waals surface area contributed by atoms with Crippen LogP contribution in [-0.2, 0) is 9.53 Å². The lowest BCUT2D eigenvalue weighted by Gasteiger charge is -2.19. The van der Waals surface area contributed by atoms with Crippen molar-refractivity contribution in [1.82, 2.24) is 0 Å². The second-order valence-electron chi connectivity index (χ2n) is 5.19. The number of carbonyl (C=O) groups is 2. The third-order valence-corrected chi connectivity index (χ3v) is 2.07. The van der Waals surface area contributed by atoms with Gasteiger partial charge in [-0.1, -0.05) is 18.2 Å². The van der Waals surface area contributed by atoms with Gasteiger partial charge in [-0.25, -0.2) is 4.79 Å². The van der Waals surface area contributed by atoms with Crippen molar-refractivity contribution < 1.29 is 14.3 Å². The molecule has 0 heterocycles. The summed E-state index contributed by atoms with van der Waals surface area (Å²) in [6, 6.07) is 7.13. The van der Waals surface area contributed by atoms with Gasteiger partial charge in [0, 0.05) is 5.69 Å². The molecule has 0 atom stereocenters. The van der Waals surface area contributed by atoms with E-state index >= 15 is 0 Å². The highest BCUT2D eigenvalue weighted by molar-refractivity contribution is 5.91. The van der Waals surface area contributed by atoms with Gasteiger partial charge in [0.05, 0.1) is 0 Å². The molecule has 0 saturated heterocycles. The summed E-state index contributed by atoms with van der Waals surface area (Å²) in [5, 5.41) is 2.64. The first-order valence-corrected chi connectivity index (χ1v) is 6.05. The van der Waals surface area contributed by atoms with Crippen LogP contribution < -0.4 is 5.32 Å².